The lowest BCUT2D eigenvalue weighted by Gasteiger charge is -2.08. The lowest BCUT2D eigenvalue weighted by Crippen LogP contribution is -2.28. The molecule has 0 aliphatic rings. The highest BCUT2D eigenvalue weighted by atomic mass is 35.5. The van der Waals surface area contributed by atoms with E-state index in [-0.39, 0.29) is 13.2 Å². The fourth-order valence-corrected chi connectivity index (χ4v) is 2.33. The van der Waals surface area contributed by atoms with Gasteiger partial charge in [-0.1, -0.05) is 43.1 Å². The van der Waals surface area contributed by atoms with Gasteiger partial charge in [0.15, 0.2) is 6.61 Å². The number of ether oxygens (including phenoxy) is 2. The molecule has 0 heterocycles. The zero-order valence-corrected chi connectivity index (χ0v) is 15.4. The van der Waals surface area contributed by atoms with Crippen LogP contribution in [0, 0.1) is 0 Å². The van der Waals surface area contributed by atoms with E-state index in [2.05, 4.69) is 12.2 Å². The first-order valence-electron chi connectivity index (χ1n) is 8.50. The van der Waals surface area contributed by atoms with Crippen molar-refractivity contribution in [3.05, 3.63) is 64.7 Å². The van der Waals surface area contributed by atoms with E-state index >= 15 is 0 Å². The largest absolute Gasteiger partial charge is 0.494 e. The van der Waals surface area contributed by atoms with Crippen molar-refractivity contribution in [2.24, 2.45) is 0 Å². The van der Waals surface area contributed by atoms with Crippen molar-refractivity contribution < 1.29 is 19.1 Å². The first-order valence-corrected chi connectivity index (χ1v) is 8.88. The van der Waals surface area contributed by atoms with Crippen molar-refractivity contribution >= 4 is 23.5 Å². The van der Waals surface area contributed by atoms with Crippen molar-refractivity contribution in [1.29, 1.82) is 0 Å². The number of carbonyl (C=O) groups is 2. The Morgan fingerprint density at radius 2 is 1.81 bits per heavy atom. The number of rotatable bonds is 9. The Labute approximate surface area is 158 Å². The summed E-state index contributed by atoms with van der Waals surface area (Å²) in [4.78, 5) is 23.8. The van der Waals surface area contributed by atoms with Crippen LogP contribution >= 0.6 is 11.6 Å². The number of hydrogen-bond donors (Lipinski definition) is 1. The number of esters is 1. The summed E-state index contributed by atoms with van der Waals surface area (Å²) in [5.74, 6) is -0.247. The minimum absolute atomic E-state index is 0.278. The van der Waals surface area contributed by atoms with Crippen LogP contribution in [0.5, 0.6) is 5.75 Å². The molecule has 2 aromatic rings. The summed E-state index contributed by atoms with van der Waals surface area (Å²) in [6, 6.07) is 13.9. The van der Waals surface area contributed by atoms with Gasteiger partial charge in [-0.15, -0.1) is 0 Å². The Bertz CT molecular complexity index is 731. The second-order valence-electron chi connectivity index (χ2n) is 5.67. The van der Waals surface area contributed by atoms with Crippen LogP contribution in [0.3, 0.4) is 0 Å². The number of hydrogen-bond acceptors (Lipinski definition) is 4. The molecule has 0 fully saturated rings. The molecule has 0 saturated carbocycles. The van der Waals surface area contributed by atoms with Gasteiger partial charge >= 0.3 is 5.97 Å². The third-order valence-electron chi connectivity index (χ3n) is 3.62. The summed E-state index contributed by atoms with van der Waals surface area (Å²) in [7, 11) is 0. The fraction of sp³-hybridized carbons (Fsp3) is 0.300. The predicted molar refractivity (Wildman–Crippen MR) is 100 cm³/mol. The quantitative estimate of drug-likeness (QED) is 0.531. The summed E-state index contributed by atoms with van der Waals surface area (Å²) >= 11 is 6.02. The SMILES string of the molecule is CCCCOc1ccc(C(=O)OCC(=O)NCc2ccccc2Cl)cc1. The molecule has 5 nitrogen and oxygen atoms in total. The average molecular weight is 376 g/mol. The van der Waals surface area contributed by atoms with E-state index in [1.54, 1.807) is 30.3 Å². The molecular weight excluding hydrogens is 354 g/mol. The van der Waals surface area contributed by atoms with Gasteiger partial charge < -0.3 is 14.8 Å². The standard InChI is InChI=1S/C20H22ClNO4/c1-2-3-12-25-17-10-8-15(9-11-17)20(24)26-14-19(23)22-13-16-6-4-5-7-18(16)21/h4-11H,2-3,12-14H2,1H3,(H,22,23). The maximum absolute atomic E-state index is 12.0. The molecule has 0 aliphatic heterocycles. The number of amides is 1. The minimum Gasteiger partial charge on any atom is -0.494 e. The maximum Gasteiger partial charge on any atom is 0.338 e. The average Bonchev–Trinajstić information content (AvgIpc) is 2.66. The molecule has 0 atom stereocenters. The van der Waals surface area contributed by atoms with Crippen LogP contribution in [0.25, 0.3) is 0 Å². The van der Waals surface area contributed by atoms with Gasteiger partial charge in [0.05, 0.1) is 12.2 Å². The molecule has 0 bridgehead atoms. The van der Waals surface area contributed by atoms with E-state index in [1.165, 1.54) is 0 Å². The summed E-state index contributed by atoms with van der Waals surface area (Å²) < 4.78 is 10.6. The molecule has 1 N–H and O–H groups in total. The summed E-state index contributed by atoms with van der Waals surface area (Å²) in [5, 5.41) is 3.24. The predicted octanol–water partition coefficient (Wildman–Crippen LogP) is 3.99. The van der Waals surface area contributed by atoms with Gasteiger partial charge in [-0.25, -0.2) is 4.79 Å². The maximum atomic E-state index is 12.0. The first kappa shape index (κ1) is 19.8. The molecule has 0 spiro atoms. The summed E-state index contributed by atoms with van der Waals surface area (Å²) in [5.41, 5.74) is 1.17. The van der Waals surface area contributed by atoms with Gasteiger partial charge in [0.2, 0.25) is 0 Å². The molecule has 138 valence electrons. The number of benzene rings is 2. The summed E-state index contributed by atoms with van der Waals surface area (Å²) in [6.45, 7) is 2.66. The van der Waals surface area contributed by atoms with Gasteiger partial charge in [0, 0.05) is 11.6 Å². The van der Waals surface area contributed by atoms with E-state index in [0.29, 0.717) is 22.9 Å². The monoisotopic (exact) mass is 375 g/mol. The highest BCUT2D eigenvalue weighted by Crippen LogP contribution is 2.15. The molecule has 6 heteroatoms. The van der Waals surface area contributed by atoms with Gasteiger partial charge in [0.25, 0.3) is 5.91 Å². The topological polar surface area (TPSA) is 64.6 Å². The van der Waals surface area contributed by atoms with Crippen molar-refractivity contribution in [3.8, 4) is 5.75 Å². The molecule has 2 aromatic carbocycles. The van der Waals surface area contributed by atoms with Crippen LogP contribution in [0.1, 0.15) is 35.7 Å². The Balaban J connectivity index is 1.75. The van der Waals surface area contributed by atoms with E-state index in [9.17, 15) is 9.59 Å². The number of halogens is 1. The van der Waals surface area contributed by atoms with Gasteiger partial charge in [0.1, 0.15) is 5.75 Å². The van der Waals surface area contributed by atoms with Gasteiger partial charge in [-0.05, 0) is 42.3 Å². The Morgan fingerprint density at radius 1 is 1.08 bits per heavy atom. The molecule has 0 saturated heterocycles. The summed E-state index contributed by atoms with van der Waals surface area (Å²) in [6.07, 6.45) is 2.04. The molecule has 2 rings (SSSR count). The fourth-order valence-electron chi connectivity index (χ4n) is 2.12. The van der Waals surface area contributed by atoms with Crippen LogP contribution in [0.2, 0.25) is 5.02 Å². The van der Waals surface area contributed by atoms with E-state index in [0.717, 1.165) is 18.4 Å². The molecule has 26 heavy (non-hydrogen) atoms. The molecular formula is C20H22ClNO4. The highest BCUT2D eigenvalue weighted by molar-refractivity contribution is 6.31. The van der Waals surface area contributed by atoms with E-state index < -0.39 is 11.9 Å². The molecule has 0 aliphatic carbocycles. The van der Waals surface area contributed by atoms with Crippen molar-refractivity contribution in [3.63, 3.8) is 0 Å². The van der Waals surface area contributed by atoms with E-state index in [4.69, 9.17) is 21.1 Å². The van der Waals surface area contributed by atoms with Crippen LogP contribution in [0.4, 0.5) is 0 Å². The number of carbonyl (C=O) groups excluding carboxylic acids is 2. The van der Waals surface area contributed by atoms with E-state index in [1.807, 2.05) is 18.2 Å². The van der Waals surface area contributed by atoms with Crippen LogP contribution in [-0.2, 0) is 16.1 Å². The Hall–Kier alpha value is -2.53. The van der Waals surface area contributed by atoms with Gasteiger partial charge in [-0.2, -0.15) is 0 Å². The molecule has 0 aromatic heterocycles. The lowest BCUT2D eigenvalue weighted by atomic mass is 10.2. The molecule has 0 unspecified atom stereocenters. The van der Waals surface area contributed by atoms with Crippen molar-refractivity contribution in [2.45, 2.75) is 26.3 Å². The zero-order chi connectivity index (χ0) is 18.8. The highest BCUT2D eigenvalue weighted by Gasteiger charge is 2.10. The molecule has 0 radical (unpaired) electrons. The van der Waals surface area contributed by atoms with Crippen molar-refractivity contribution in [2.75, 3.05) is 13.2 Å². The molecule has 1 amide bonds. The minimum atomic E-state index is -0.557. The smallest absolute Gasteiger partial charge is 0.338 e. The third kappa shape index (κ3) is 6.41. The number of nitrogens with one attached hydrogen (secondary N) is 1. The Morgan fingerprint density at radius 3 is 2.50 bits per heavy atom. The van der Waals surface area contributed by atoms with Gasteiger partial charge in [-0.3, -0.25) is 4.79 Å². The number of unbranched alkanes of at least 4 members (excludes halogenated alkanes) is 1. The first-order chi connectivity index (χ1) is 12.6. The zero-order valence-electron chi connectivity index (χ0n) is 14.7. The normalized spacial score (nSPS) is 10.2. The third-order valence-corrected chi connectivity index (χ3v) is 3.99. The van der Waals surface area contributed by atoms with Crippen LogP contribution < -0.4 is 10.1 Å². The lowest BCUT2D eigenvalue weighted by molar-refractivity contribution is -0.124. The second kappa shape index (κ2) is 10.5. The van der Waals surface area contributed by atoms with Crippen LogP contribution in [0.15, 0.2) is 48.5 Å². The second-order valence-corrected chi connectivity index (χ2v) is 6.08. The Kier molecular flexibility index (Phi) is 7.96. The van der Waals surface area contributed by atoms with Crippen molar-refractivity contribution in [1.82, 2.24) is 5.32 Å². The van der Waals surface area contributed by atoms with Crippen LogP contribution in [-0.4, -0.2) is 25.1 Å².